The molecular formula is C16H26N2O3. The number of rotatable bonds is 2. The minimum atomic E-state index is -0.458. The summed E-state index contributed by atoms with van der Waals surface area (Å²) in [6.07, 6.45) is 1.98. The third kappa shape index (κ3) is 2.62. The van der Waals surface area contributed by atoms with Gasteiger partial charge in [-0.1, -0.05) is 0 Å². The molecule has 0 N–H and O–H groups in total. The molecule has 1 heterocycles. The maximum Gasteiger partial charge on any atom is 0.410 e. The quantitative estimate of drug-likeness (QED) is 0.784. The molecule has 3 rings (SSSR count). The smallest absolute Gasteiger partial charge is 0.410 e. The highest BCUT2D eigenvalue weighted by Crippen LogP contribution is 2.54. The lowest BCUT2D eigenvalue weighted by molar-refractivity contribution is -0.134. The van der Waals surface area contributed by atoms with Gasteiger partial charge < -0.3 is 14.5 Å². The van der Waals surface area contributed by atoms with Crippen LogP contribution in [0.3, 0.4) is 0 Å². The van der Waals surface area contributed by atoms with Crippen LogP contribution in [0.1, 0.15) is 40.5 Å². The maximum atomic E-state index is 12.5. The van der Waals surface area contributed by atoms with Gasteiger partial charge in [-0.15, -0.1) is 0 Å². The first-order valence-electron chi connectivity index (χ1n) is 7.88. The highest BCUT2D eigenvalue weighted by molar-refractivity contribution is 5.84. The van der Waals surface area contributed by atoms with Gasteiger partial charge in [-0.2, -0.15) is 0 Å². The first-order chi connectivity index (χ1) is 9.62. The van der Waals surface area contributed by atoms with Gasteiger partial charge in [0.05, 0.1) is 0 Å². The lowest BCUT2D eigenvalue weighted by Crippen LogP contribution is -2.41. The minimum absolute atomic E-state index is 0.0961. The van der Waals surface area contributed by atoms with Crippen molar-refractivity contribution in [3.05, 3.63) is 0 Å². The predicted molar refractivity (Wildman–Crippen MR) is 78.7 cm³/mol. The van der Waals surface area contributed by atoms with E-state index in [1.54, 1.807) is 4.90 Å². The molecule has 118 valence electrons. The van der Waals surface area contributed by atoms with E-state index in [4.69, 9.17) is 4.74 Å². The fourth-order valence-electron chi connectivity index (χ4n) is 3.37. The van der Waals surface area contributed by atoms with Crippen LogP contribution in [0.2, 0.25) is 0 Å². The molecule has 0 radical (unpaired) electrons. The van der Waals surface area contributed by atoms with Gasteiger partial charge in [0.25, 0.3) is 0 Å². The minimum Gasteiger partial charge on any atom is -0.444 e. The van der Waals surface area contributed by atoms with Crippen molar-refractivity contribution < 1.29 is 14.3 Å². The highest BCUT2D eigenvalue weighted by Gasteiger charge is 2.62. The molecule has 0 aromatic rings. The fraction of sp³-hybridized carbons (Fsp3) is 0.875. The largest absolute Gasteiger partial charge is 0.444 e. The van der Waals surface area contributed by atoms with E-state index >= 15 is 0 Å². The lowest BCUT2D eigenvalue weighted by Gasteiger charge is -2.28. The van der Waals surface area contributed by atoms with Crippen LogP contribution in [0.15, 0.2) is 0 Å². The molecule has 2 saturated carbocycles. The van der Waals surface area contributed by atoms with Crippen LogP contribution < -0.4 is 0 Å². The Kier molecular flexibility index (Phi) is 3.05. The Hall–Kier alpha value is -1.26. The standard InChI is InChI=1S/C16H26N2O3/c1-15(2,3)21-14(20)18-8-10-11(9-18)12(10)13(19)17(5)16(4)6-7-16/h10-12H,6-9H2,1-5H3/t10-,11+,12?. The number of amides is 2. The Bertz CT molecular complexity index is 466. The molecule has 3 aliphatic rings. The molecule has 0 aromatic carbocycles. The van der Waals surface area contributed by atoms with E-state index in [0.29, 0.717) is 24.9 Å². The normalized spacial score (nSPS) is 32.4. The number of nitrogens with zero attached hydrogens (tertiary/aromatic N) is 2. The average molecular weight is 294 g/mol. The van der Waals surface area contributed by atoms with Crippen molar-refractivity contribution >= 4 is 12.0 Å². The monoisotopic (exact) mass is 294 g/mol. The Balaban J connectivity index is 1.52. The van der Waals surface area contributed by atoms with Crippen molar-refractivity contribution in [3.8, 4) is 0 Å². The molecular weight excluding hydrogens is 268 g/mol. The summed E-state index contributed by atoms with van der Waals surface area (Å²) in [6, 6.07) is 0. The average Bonchev–Trinajstić information content (AvgIpc) is 3.22. The van der Waals surface area contributed by atoms with Gasteiger partial charge >= 0.3 is 6.09 Å². The summed E-state index contributed by atoms with van der Waals surface area (Å²) >= 11 is 0. The fourth-order valence-corrected chi connectivity index (χ4v) is 3.37. The van der Waals surface area contributed by atoms with E-state index in [2.05, 4.69) is 6.92 Å². The number of carbonyl (C=O) groups excluding carboxylic acids is 2. The van der Waals surface area contributed by atoms with Gasteiger partial charge in [-0.05, 0) is 52.4 Å². The van der Waals surface area contributed by atoms with Crippen LogP contribution in [0.5, 0.6) is 0 Å². The summed E-state index contributed by atoms with van der Waals surface area (Å²) in [4.78, 5) is 28.2. The molecule has 3 fully saturated rings. The molecule has 1 saturated heterocycles. The van der Waals surface area contributed by atoms with Gasteiger partial charge in [0.2, 0.25) is 5.91 Å². The number of likely N-dealkylation sites (tertiary alicyclic amines) is 1. The zero-order chi connectivity index (χ0) is 15.6. The number of piperidine rings is 1. The number of hydrogen-bond donors (Lipinski definition) is 0. The van der Waals surface area contributed by atoms with Crippen LogP contribution in [-0.4, -0.2) is 53.1 Å². The third-order valence-electron chi connectivity index (χ3n) is 5.24. The molecule has 1 aliphatic heterocycles. The molecule has 3 atom stereocenters. The van der Waals surface area contributed by atoms with Crippen molar-refractivity contribution in [1.29, 1.82) is 0 Å². The summed E-state index contributed by atoms with van der Waals surface area (Å²) in [5.74, 6) is 1.09. The van der Waals surface area contributed by atoms with Crippen molar-refractivity contribution in [3.63, 3.8) is 0 Å². The second-order valence-corrected chi connectivity index (χ2v) is 8.13. The summed E-state index contributed by atoms with van der Waals surface area (Å²) in [6.45, 7) is 9.11. The number of carbonyl (C=O) groups is 2. The Morgan fingerprint density at radius 2 is 1.71 bits per heavy atom. The molecule has 5 heteroatoms. The molecule has 21 heavy (non-hydrogen) atoms. The van der Waals surface area contributed by atoms with Gasteiger partial charge in [-0.25, -0.2) is 4.79 Å². The lowest BCUT2D eigenvalue weighted by atomic mass is 10.2. The Labute approximate surface area is 126 Å². The van der Waals surface area contributed by atoms with Crippen molar-refractivity contribution in [2.75, 3.05) is 20.1 Å². The Morgan fingerprint density at radius 1 is 1.19 bits per heavy atom. The second-order valence-electron chi connectivity index (χ2n) is 8.13. The van der Waals surface area contributed by atoms with Gasteiger partial charge in [0.15, 0.2) is 0 Å². The van der Waals surface area contributed by atoms with E-state index in [0.717, 1.165) is 12.8 Å². The zero-order valence-corrected chi connectivity index (χ0v) is 13.7. The summed E-state index contributed by atoms with van der Waals surface area (Å²) < 4.78 is 5.39. The first kappa shape index (κ1) is 14.7. The van der Waals surface area contributed by atoms with Crippen LogP contribution >= 0.6 is 0 Å². The topological polar surface area (TPSA) is 49.9 Å². The SMILES string of the molecule is CN(C(=O)C1[C@H]2CN(C(=O)OC(C)(C)C)C[C@@H]12)C1(C)CC1. The maximum absolute atomic E-state index is 12.5. The zero-order valence-electron chi connectivity index (χ0n) is 13.7. The number of fused-ring (bicyclic) bond motifs is 1. The molecule has 5 nitrogen and oxygen atoms in total. The van der Waals surface area contributed by atoms with Crippen LogP contribution in [0.25, 0.3) is 0 Å². The van der Waals surface area contributed by atoms with Crippen molar-refractivity contribution in [1.82, 2.24) is 9.80 Å². The van der Waals surface area contributed by atoms with E-state index in [1.165, 1.54) is 0 Å². The van der Waals surface area contributed by atoms with Gasteiger partial charge in [-0.3, -0.25) is 4.79 Å². The second kappa shape index (κ2) is 4.37. The molecule has 0 bridgehead atoms. The first-order valence-corrected chi connectivity index (χ1v) is 7.88. The molecule has 2 aliphatic carbocycles. The predicted octanol–water partition coefficient (Wildman–Crippen LogP) is 2.11. The molecule has 2 amide bonds. The molecule has 0 aromatic heterocycles. The van der Waals surface area contributed by atoms with E-state index in [-0.39, 0.29) is 23.5 Å². The van der Waals surface area contributed by atoms with E-state index < -0.39 is 5.60 Å². The number of hydrogen-bond acceptors (Lipinski definition) is 3. The van der Waals surface area contributed by atoms with Gasteiger partial charge in [0.1, 0.15) is 5.60 Å². The molecule has 1 unspecified atom stereocenters. The summed E-state index contributed by atoms with van der Waals surface area (Å²) in [5.41, 5.74) is -0.362. The summed E-state index contributed by atoms with van der Waals surface area (Å²) in [7, 11) is 1.93. The van der Waals surface area contributed by atoms with Crippen LogP contribution in [-0.2, 0) is 9.53 Å². The third-order valence-corrected chi connectivity index (χ3v) is 5.24. The Morgan fingerprint density at radius 3 is 2.14 bits per heavy atom. The van der Waals surface area contributed by atoms with Crippen LogP contribution in [0.4, 0.5) is 4.79 Å². The highest BCUT2D eigenvalue weighted by atomic mass is 16.6. The molecule has 0 spiro atoms. The van der Waals surface area contributed by atoms with Crippen molar-refractivity contribution in [2.45, 2.75) is 51.7 Å². The van der Waals surface area contributed by atoms with Crippen LogP contribution in [0, 0.1) is 17.8 Å². The van der Waals surface area contributed by atoms with E-state index in [9.17, 15) is 9.59 Å². The summed E-state index contributed by atoms with van der Waals surface area (Å²) in [5, 5.41) is 0. The van der Waals surface area contributed by atoms with Gasteiger partial charge in [0, 0.05) is 31.6 Å². The number of ether oxygens (including phenoxy) is 1. The van der Waals surface area contributed by atoms with E-state index in [1.807, 2.05) is 32.7 Å². The van der Waals surface area contributed by atoms with Crippen molar-refractivity contribution in [2.24, 2.45) is 17.8 Å².